The van der Waals surface area contributed by atoms with Crippen LogP contribution in [-0.4, -0.2) is 11.3 Å². The molecule has 0 aliphatic rings. The number of nitrogens with two attached hydrogens (primary N) is 1. The number of aldehydes is 1. The first-order chi connectivity index (χ1) is 6.06. The van der Waals surface area contributed by atoms with E-state index in [0.717, 1.165) is 6.07 Å². The number of anilines is 1. The summed E-state index contributed by atoms with van der Waals surface area (Å²) in [5, 5.41) is 0. The van der Waals surface area contributed by atoms with Crippen LogP contribution in [0.1, 0.15) is 22.5 Å². The van der Waals surface area contributed by atoms with Gasteiger partial charge in [0.15, 0.2) is 6.29 Å². The summed E-state index contributed by atoms with van der Waals surface area (Å²) in [6.45, 7) is 0. The summed E-state index contributed by atoms with van der Waals surface area (Å²) in [4.78, 5) is 13.0. The zero-order chi connectivity index (χ0) is 10.0. The molecule has 0 spiro atoms. The van der Waals surface area contributed by atoms with E-state index < -0.39 is 29.3 Å². The van der Waals surface area contributed by atoms with Crippen molar-refractivity contribution in [1.29, 1.82) is 0 Å². The van der Waals surface area contributed by atoms with Crippen LogP contribution in [0.3, 0.4) is 0 Å². The zero-order valence-corrected chi connectivity index (χ0v) is 6.30. The Labute approximate surface area is 71.4 Å². The summed E-state index contributed by atoms with van der Waals surface area (Å²) >= 11 is 0. The van der Waals surface area contributed by atoms with Gasteiger partial charge < -0.3 is 5.73 Å². The van der Waals surface area contributed by atoms with E-state index >= 15 is 0 Å². The quantitative estimate of drug-likeness (QED) is 0.568. The van der Waals surface area contributed by atoms with Crippen LogP contribution in [-0.2, 0) is 0 Å². The average molecular weight is 190 g/mol. The highest BCUT2D eigenvalue weighted by Crippen LogP contribution is 2.23. The summed E-state index contributed by atoms with van der Waals surface area (Å²) in [5.41, 5.74) is 3.44. The lowest BCUT2D eigenvalue weighted by Crippen LogP contribution is -2.03. The molecular formula is C7H5F3N2O. The minimum atomic E-state index is -2.95. The fraction of sp³-hybridized carbons (Fsp3) is 0.143. The van der Waals surface area contributed by atoms with Gasteiger partial charge in [-0.25, -0.2) is 13.8 Å². The smallest absolute Gasteiger partial charge is 0.282 e. The Morgan fingerprint density at radius 3 is 2.62 bits per heavy atom. The van der Waals surface area contributed by atoms with Crippen LogP contribution < -0.4 is 5.73 Å². The van der Waals surface area contributed by atoms with Crippen molar-refractivity contribution in [3.8, 4) is 0 Å². The van der Waals surface area contributed by atoms with Crippen LogP contribution in [0.2, 0.25) is 0 Å². The van der Waals surface area contributed by atoms with Gasteiger partial charge in [-0.05, 0) is 6.07 Å². The molecule has 0 aromatic carbocycles. The first-order valence-electron chi connectivity index (χ1n) is 3.25. The number of nitrogens with zero attached hydrogens (tertiary/aromatic N) is 1. The molecule has 1 rings (SSSR count). The molecule has 0 aliphatic heterocycles. The van der Waals surface area contributed by atoms with Crippen LogP contribution in [0.25, 0.3) is 0 Å². The van der Waals surface area contributed by atoms with Crippen LogP contribution in [0.5, 0.6) is 0 Å². The molecule has 70 valence electrons. The maximum Gasteiger partial charge on any atom is 0.282 e. The summed E-state index contributed by atoms with van der Waals surface area (Å²) in [5.74, 6) is -1.24. The van der Waals surface area contributed by atoms with Crippen molar-refractivity contribution in [2.45, 2.75) is 6.43 Å². The molecule has 0 radical (unpaired) electrons. The number of aromatic nitrogens is 1. The fourth-order valence-corrected chi connectivity index (χ4v) is 0.793. The number of carbonyl (C=O) groups is 1. The lowest BCUT2D eigenvalue weighted by Gasteiger charge is -2.03. The highest BCUT2D eigenvalue weighted by Gasteiger charge is 2.16. The Morgan fingerprint density at radius 2 is 2.15 bits per heavy atom. The molecular weight excluding hydrogens is 185 g/mol. The van der Waals surface area contributed by atoms with Gasteiger partial charge >= 0.3 is 0 Å². The van der Waals surface area contributed by atoms with Gasteiger partial charge in [0.05, 0.1) is 11.3 Å². The molecule has 1 heterocycles. The van der Waals surface area contributed by atoms with E-state index in [-0.39, 0.29) is 6.29 Å². The second kappa shape index (κ2) is 3.42. The summed E-state index contributed by atoms with van der Waals surface area (Å²) in [6.07, 6.45) is -2.79. The monoisotopic (exact) mass is 190 g/mol. The van der Waals surface area contributed by atoms with E-state index in [0.29, 0.717) is 0 Å². The van der Waals surface area contributed by atoms with E-state index in [9.17, 15) is 18.0 Å². The average Bonchev–Trinajstić information content (AvgIpc) is 2.07. The Morgan fingerprint density at radius 1 is 1.54 bits per heavy atom. The molecule has 1 aromatic heterocycles. The molecule has 0 saturated carbocycles. The number of hydrogen-bond donors (Lipinski definition) is 1. The standard InChI is InChI=1S/C7H5F3N2O/c8-6(9)5-4(11)1-3(2-13)7(10)12-5/h1-2,6H,11H2. The lowest BCUT2D eigenvalue weighted by molar-refractivity contribution is 0.111. The molecule has 0 unspecified atom stereocenters. The molecule has 0 atom stereocenters. The number of carbonyl (C=O) groups excluding carboxylic acids is 1. The van der Waals surface area contributed by atoms with Crippen molar-refractivity contribution in [2.75, 3.05) is 5.73 Å². The first-order valence-corrected chi connectivity index (χ1v) is 3.25. The zero-order valence-electron chi connectivity index (χ0n) is 6.30. The topological polar surface area (TPSA) is 56.0 Å². The SMILES string of the molecule is Nc1cc(C=O)c(F)nc1C(F)F. The van der Waals surface area contributed by atoms with E-state index in [1.807, 2.05) is 0 Å². The molecule has 13 heavy (non-hydrogen) atoms. The summed E-state index contributed by atoms with van der Waals surface area (Å²) in [7, 11) is 0. The number of pyridine rings is 1. The third-order valence-corrected chi connectivity index (χ3v) is 1.40. The van der Waals surface area contributed by atoms with Gasteiger partial charge in [0, 0.05) is 0 Å². The van der Waals surface area contributed by atoms with Gasteiger partial charge in [-0.1, -0.05) is 0 Å². The Kier molecular flexibility index (Phi) is 2.50. The van der Waals surface area contributed by atoms with Crippen LogP contribution in [0, 0.1) is 5.95 Å². The number of alkyl halides is 2. The van der Waals surface area contributed by atoms with E-state index in [4.69, 9.17) is 5.73 Å². The van der Waals surface area contributed by atoms with E-state index in [1.54, 1.807) is 0 Å². The van der Waals surface area contributed by atoms with Crippen molar-refractivity contribution >= 4 is 12.0 Å². The minimum absolute atomic E-state index is 0.161. The van der Waals surface area contributed by atoms with Crippen molar-refractivity contribution < 1.29 is 18.0 Å². The maximum atomic E-state index is 12.7. The van der Waals surface area contributed by atoms with Gasteiger partial charge in [-0.2, -0.15) is 4.39 Å². The molecule has 3 nitrogen and oxygen atoms in total. The molecule has 1 aromatic rings. The second-order valence-electron chi connectivity index (χ2n) is 2.26. The number of halogens is 3. The van der Waals surface area contributed by atoms with Crippen molar-refractivity contribution in [3.63, 3.8) is 0 Å². The Hall–Kier alpha value is -1.59. The fourth-order valence-electron chi connectivity index (χ4n) is 0.793. The molecule has 2 N–H and O–H groups in total. The van der Waals surface area contributed by atoms with Gasteiger partial charge in [-0.15, -0.1) is 0 Å². The Bertz CT molecular complexity index is 341. The highest BCUT2D eigenvalue weighted by atomic mass is 19.3. The molecule has 0 fully saturated rings. The minimum Gasteiger partial charge on any atom is -0.397 e. The summed E-state index contributed by atoms with van der Waals surface area (Å²) in [6, 6.07) is 0.830. The molecule has 0 aliphatic carbocycles. The van der Waals surface area contributed by atoms with Crippen LogP contribution >= 0.6 is 0 Å². The second-order valence-corrected chi connectivity index (χ2v) is 2.26. The largest absolute Gasteiger partial charge is 0.397 e. The number of nitrogen functional groups attached to an aromatic ring is 1. The molecule has 0 amide bonds. The van der Waals surface area contributed by atoms with E-state index in [1.165, 1.54) is 0 Å². The van der Waals surface area contributed by atoms with Crippen LogP contribution in [0.4, 0.5) is 18.9 Å². The normalized spacial score (nSPS) is 10.5. The predicted molar refractivity (Wildman–Crippen MR) is 39.0 cm³/mol. The van der Waals surface area contributed by atoms with E-state index in [2.05, 4.69) is 4.98 Å². The Balaban J connectivity index is 3.28. The molecule has 6 heteroatoms. The predicted octanol–water partition coefficient (Wildman–Crippen LogP) is 1.55. The maximum absolute atomic E-state index is 12.7. The van der Waals surface area contributed by atoms with Crippen LogP contribution in [0.15, 0.2) is 6.07 Å². The van der Waals surface area contributed by atoms with Gasteiger partial charge in [-0.3, -0.25) is 4.79 Å². The van der Waals surface area contributed by atoms with Gasteiger partial charge in [0.25, 0.3) is 6.43 Å². The van der Waals surface area contributed by atoms with Gasteiger partial charge in [0.2, 0.25) is 5.95 Å². The third kappa shape index (κ3) is 1.77. The number of hydrogen-bond acceptors (Lipinski definition) is 3. The van der Waals surface area contributed by atoms with Crippen molar-refractivity contribution in [1.82, 2.24) is 4.98 Å². The third-order valence-electron chi connectivity index (χ3n) is 1.40. The highest BCUT2D eigenvalue weighted by molar-refractivity contribution is 5.76. The molecule has 0 saturated heterocycles. The summed E-state index contributed by atoms with van der Waals surface area (Å²) < 4.78 is 36.8. The first kappa shape index (κ1) is 9.50. The van der Waals surface area contributed by atoms with Crippen molar-refractivity contribution in [3.05, 3.63) is 23.3 Å². The molecule has 0 bridgehead atoms. The van der Waals surface area contributed by atoms with Gasteiger partial charge in [0.1, 0.15) is 5.69 Å². The lowest BCUT2D eigenvalue weighted by atomic mass is 10.2. The number of rotatable bonds is 2. The van der Waals surface area contributed by atoms with Crippen molar-refractivity contribution in [2.24, 2.45) is 0 Å².